The monoisotopic (exact) mass is 213 g/mol. The van der Waals surface area contributed by atoms with Crippen LogP contribution in [0.5, 0.6) is 0 Å². The highest BCUT2D eigenvalue weighted by Crippen LogP contribution is 2.17. The SMILES string of the molecule is CCCCCc1nnc(NC(C)=O)s1. The van der Waals surface area contributed by atoms with Gasteiger partial charge in [0.05, 0.1) is 0 Å². The molecule has 5 heteroatoms. The number of aromatic nitrogens is 2. The average Bonchev–Trinajstić information content (AvgIpc) is 2.52. The normalized spacial score (nSPS) is 10.1. The highest BCUT2D eigenvalue weighted by atomic mass is 32.1. The molecule has 1 amide bonds. The van der Waals surface area contributed by atoms with Crippen LogP contribution in [-0.4, -0.2) is 16.1 Å². The number of nitrogens with one attached hydrogen (secondary N) is 1. The minimum atomic E-state index is -0.0961. The number of anilines is 1. The van der Waals surface area contributed by atoms with E-state index < -0.39 is 0 Å². The Morgan fingerprint density at radius 2 is 2.21 bits per heavy atom. The molecule has 14 heavy (non-hydrogen) atoms. The van der Waals surface area contributed by atoms with Gasteiger partial charge in [0.15, 0.2) is 0 Å². The molecule has 0 aliphatic rings. The first kappa shape index (κ1) is 11.1. The fourth-order valence-corrected chi connectivity index (χ4v) is 1.91. The zero-order chi connectivity index (χ0) is 10.4. The second kappa shape index (κ2) is 5.70. The molecule has 1 heterocycles. The second-order valence-electron chi connectivity index (χ2n) is 3.14. The van der Waals surface area contributed by atoms with Crippen LogP contribution in [-0.2, 0) is 11.2 Å². The van der Waals surface area contributed by atoms with Crippen LogP contribution in [0, 0.1) is 0 Å². The van der Waals surface area contributed by atoms with Gasteiger partial charge in [-0.3, -0.25) is 4.79 Å². The summed E-state index contributed by atoms with van der Waals surface area (Å²) in [6.45, 7) is 3.64. The van der Waals surface area contributed by atoms with Crippen molar-refractivity contribution < 1.29 is 4.79 Å². The molecule has 0 aliphatic heterocycles. The van der Waals surface area contributed by atoms with E-state index in [1.54, 1.807) is 0 Å². The van der Waals surface area contributed by atoms with Crippen LogP contribution in [0.1, 0.15) is 38.1 Å². The molecule has 1 aromatic rings. The molecule has 0 bridgehead atoms. The van der Waals surface area contributed by atoms with Crippen molar-refractivity contribution in [2.45, 2.75) is 39.5 Å². The van der Waals surface area contributed by atoms with Gasteiger partial charge < -0.3 is 5.32 Å². The van der Waals surface area contributed by atoms with Crippen LogP contribution in [0.3, 0.4) is 0 Å². The largest absolute Gasteiger partial charge is 0.301 e. The van der Waals surface area contributed by atoms with Gasteiger partial charge in [0, 0.05) is 13.3 Å². The molecule has 78 valence electrons. The summed E-state index contributed by atoms with van der Waals surface area (Å²) >= 11 is 1.46. The Labute approximate surface area is 87.7 Å². The number of carbonyl (C=O) groups excluding carboxylic acids is 1. The van der Waals surface area contributed by atoms with E-state index in [-0.39, 0.29) is 5.91 Å². The Balaban J connectivity index is 2.38. The molecule has 0 aliphatic carbocycles. The van der Waals surface area contributed by atoms with E-state index in [4.69, 9.17) is 0 Å². The van der Waals surface area contributed by atoms with Gasteiger partial charge in [-0.05, 0) is 6.42 Å². The molecule has 1 aromatic heterocycles. The van der Waals surface area contributed by atoms with E-state index >= 15 is 0 Å². The predicted octanol–water partition coefficient (Wildman–Crippen LogP) is 2.23. The maximum Gasteiger partial charge on any atom is 0.223 e. The lowest BCUT2D eigenvalue weighted by Gasteiger charge is -1.93. The number of rotatable bonds is 5. The minimum Gasteiger partial charge on any atom is -0.301 e. The third-order valence-corrected chi connectivity index (χ3v) is 2.64. The van der Waals surface area contributed by atoms with Crippen LogP contribution in [0.2, 0.25) is 0 Å². The predicted molar refractivity (Wildman–Crippen MR) is 57.4 cm³/mol. The number of carbonyl (C=O) groups is 1. The van der Waals surface area contributed by atoms with Crippen LogP contribution in [0.15, 0.2) is 0 Å². The molecule has 1 N–H and O–H groups in total. The van der Waals surface area contributed by atoms with Gasteiger partial charge in [0.2, 0.25) is 11.0 Å². The van der Waals surface area contributed by atoms with E-state index in [2.05, 4.69) is 22.4 Å². The number of amides is 1. The van der Waals surface area contributed by atoms with E-state index in [0.717, 1.165) is 17.8 Å². The van der Waals surface area contributed by atoms with Crippen molar-refractivity contribution in [3.63, 3.8) is 0 Å². The molecule has 0 saturated heterocycles. The van der Waals surface area contributed by atoms with Crippen molar-refractivity contribution in [3.05, 3.63) is 5.01 Å². The fourth-order valence-electron chi connectivity index (χ4n) is 1.08. The fraction of sp³-hybridized carbons (Fsp3) is 0.667. The Morgan fingerprint density at radius 1 is 1.43 bits per heavy atom. The van der Waals surface area contributed by atoms with Crippen molar-refractivity contribution in [3.8, 4) is 0 Å². The van der Waals surface area contributed by atoms with Gasteiger partial charge in [-0.15, -0.1) is 10.2 Å². The van der Waals surface area contributed by atoms with E-state index in [0.29, 0.717) is 5.13 Å². The lowest BCUT2D eigenvalue weighted by Crippen LogP contribution is -2.04. The maximum absolute atomic E-state index is 10.7. The van der Waals surface area contributed by atoms with Gasteiger partial charge in [-0.2, -0.15) is 0 Å². The third-order valence-electron chi connectivity index (χ3n) is 1.74. The molecule has 0 aromatic carbocycles. The van der Waals surface area contributed by atoms with Crippen molar-refractivity contribution in [1.29, 1.82) is 0 Å². The lowest BCUT2D eigenvalue weighted by molar-refractivity contribution is -0.114. The lowest BCUT2D eigenvalue weighted by atomic mass is 10.2. The topological polar surface area (TPSA) is 54.9 Å². The maximum atomic E-state index is 10.7. The van der Waals surface area contributed by atoms with E-state index in [1.807, 2.05) is 0 Å². The zero-order valence-corrected chi connectivity index (χ0v) is 9.36. The van der Waals surface area contributed by atoms with Crippen molar-refractivity contribution in [1.82, 2.24) is 10.2 Å². The molecule has 0 radical (unpaired) electrons. The van der Waals surface area contributed by atoms with Crippen LogP contribution >= 0.6 is 11.3 Å². The van der Waals surface area contributed by atoms with Gasteiger partial charge in [-0.25, -0.2) is 0 Å². The highest BCUT2D eigenvalue weighted by molar-refractivity contribution is 7.15. The third kappa shape index (κ3) is 3.83. The molecular formula is C9H15N3OS. The summed E-state index contributed by atoms with van der Waals surface area (Å²) in [5.74, 6) is -0.0961. The Morgan fingerprint density at radius 3 is 2.86 bits per heavy atom. The van der Waals surface area contributed by atoms with E-state index in [9.17, 15) is 4.79 Å². The smallest absolute Gasteiger partial charge is 0.223 e. The molecule has 0 saturated carbocycles. The van der Waals surface area contributed by atoms with E-state index in [1.165, 1.54) is 31.1 Å². The standard InChI is InChI=1S/C9H15N3OS/c1-3-4-5-6-8-11-12-9(14-8)10-7(2)13/h3-6H2,1-2H3,(H,10,12,13). The summed E-state index contributed by atoms with van der Waals surface area (Å²) in [6, 6.07) is 0. The molecule has 0 fully saturated rings. The first-order valence-corrected chi connectivity index (χ1v) is 5.64. The number of hydrogen-bond donors (Lipinski definition) is 1. The van der Waals surface area contributed by atoms with Crippen molar-refractivity contribution in [2.75, 3.05) is 5.32 Å². The molecule has 0 unspecified atom stereocenters. The number of nitrogens with zero attached hydrogens (tertiary/aromatic N) is 2. The number of unbranched alkanes of at least 4 members (excludes halogenated alkanes) is 2. The van der Waals surface area contributed by atoms with Gasteiger partial charge in [0.25, 0.3) is 0 Å². The first-order valence-electron chi connectivity index (χ1n) is 4.82. The summed E-state index contributed by atoms with van der Waals surface area (Å²) in [7, 11) is 0. The highest BCUT2D eigenvalue weighted by Gasteiger charge is 2.04. The number of aryl methyl sites for hydroxylation is 1. The first-order chi connectivity index (χ1) is 6.72. The van der Waals surface area contributed by atoms with Gasteiger partial charge in [0.1, 0.15) is 5.01 Å². The molecular weight excluding hydrogens is 198 g/mol. The average molecular weight is 213 g/mol. The molecule has 0 atom stereocenters. The quantitative estimate of drug-likeness (QED) is 0.763. The minimum absolute atomic E-state index is 0.0961. The van der Waals surface area contributed by atoms with Crippen molar-refractivity contribution in [2.24, 2.45) is 0 Å². The Bertz CT molecular complexity index is 298. The van der Waals surface area contributed by atoms with Crippen LogP contribution < -0.4 is 5.32 Å². The summed E-state index contributed by atoms with van der Waals surface area (Å²) < 4.78 is 0. The van der Waals surface area contributed by atoms with Crippen LogP contribution in [0.4, 0.5) is 5.13 Å². The Hall–Kier alpha value is -0.970. The van der Waals surface area contributed by atoms with Crippen LogP contribution in [0.25, 0.3) is 0 Å². The summed E-state index contributed by atoms with van der Waals surface area (Å²) in [4.78, 5) is 10.7. The molecule has 4 nitrogen and oxygen atoms in total. The molecule has 0 spiro atoms. The number of hydrogen-bond acceptors (Lipinski definition) is 4. The summed E-state index contributed by atoms with van der Waals surface area (Å²) in [6.07, 6.45) is 4.53. The van der Waals surface area contributed by atoms with Crippen molar-refractivity contribution >= 4 is 22.4 Å². The van der Waals surface area contributed by atoms with Gasteiger partial charge >= 0.3 is 0 Å². The summed E-state index contributed by atoms with van der Waals surface area (Å²) in [5.41, 5.74) is 0. The zero-order valence-electron chi connectivity index (χ0n) is 8.54. The summed E-state index contributed by atoms with van der Waals surface area (Å²) in [5, 5.41) is 12.1. The molecule has 1 rings (SSSR count). The second-order valence-corrected chi connectivity index (χ2v) is 4.20. The van der Waals surface area contributed by atoms with Gasteiger partial charge in [-0.1, -0.05) is 31.1 Å². The Kier molecular flexibility index (Phi) is 4.52.